The van der Waals surface area contributed by atoms with Crippen molar-refractivity contribution < 1.29 is 4.79 Å². The van der Waals surface area contributed by atoms with Gasteiger partial charge in [-0.05, 0) is 39.3 Å². The van der Waals surface area contributed by atoms with E-state index in [9.17, 15) is 4.79 Å². The third-order valence-corrected chi connectivity index (χ3v) is 3.90. The highest BCUT2D eigenvalue weighted by Crippen LogP contribution is 2.17. The summed E-state index contributed by atoms with van der Waals surface area (Å²) in [4.78, 5) is 14.5. The lowest BCUT2D eigenvalue weighted by Crippen LogP contribution is -2.41. The van der Waals surface area contributed by atoms with Crippen molar-refractivity contribution in [2.24, 2.45) is 0 Å². The van der Waals surface area contributed by atoms with E-state index in [4.69, 9.17) is 11.6 Å². The molecule has 1 saturated heterocycles. The van der Waals surface area contributed by atoms with Crippen molar-refractivity contribution in [3.05, 3.63) is 23.0 Å². The summed E-state index contributed by atoms with van der Waals surface area (Å²) in [7, 11) is 0. The Kier molecular flexibility index (Phi) is 4.88. The van der Waals surface area contributed by atoms with Gasteiger partial charge >= 0.3 is 0 Å². The number of carbonyl (C=O) groups is 1. The van der Waals surface area contributed by atoms with Crippen molar-refractivity contribution in [2.75, 3.05) is 19.6 Å². The lowest BCUT2D eigenvalue weighted by Gasteiger charge is -2.25. The minimum absolute atomic E-state index is 0.0740. The molecule has 1 aromatic heterocycles. The van der Waals surface area contributed by atoms with Crippen LogP contribution in [0.2, 0.25) is 5.02 Å². The summed E-state index contributed by atoms with van der Waals surface area (Å²) in [5.74, 6) is 0.0740. The van der Waals surface area contributed by atoms with Crippen molar-refractivity contribution in [2.45, 2.75) is 39.3 Å². The molecule has 5 heteroatoms. The fourth-order valence-corrected chi connectivity index (χ4v) is 2.83. The van der Waals surface area contributed by atoms with E-state index in [0.29, 0.717) is 16.8 Å². The number of aryl methyl sites for hydroxylation is 1. The number of nitrogens with one attached hydrogen (secondary N) is 1. The van der Waals surface area contributed by atoms with Crippen LogP contribution in [-0.4, -0.2) is 41.1 Å². The standard InChI is InChI=1S/C14H22ClN3O/c1-3-17-9-11(15)8-13(17)14(19)18(4-2)10-12-6-5-7-16-12/h8-9,12,16H,3-7,10H2,1-2H3. The molecule has 106 valence electrons. The number of nitrogens with zero attached hydrogens (tertiary/aromatic N) is 2. The van der Waals surface area contributed by atoms with Crippen LogP contribution < -0.4 is 5.32 Å². The molecule has 0 bridgehead atoms. The Labute approximate surface area is 119 Å². The van der Waals surface area contributed by atoms with Crippen molar-refractivity contribution in [3.63, 3.8) is 0 Å². The first-order chi connectivity index (χ1) is 9.15. The van der Waals surface area contributed by atoms with Gasteiger partial charge in [-0.25, -0.2) is 0 Å². The summed E-state index contributed by atoms with van der Waals surface area (Å²) in [6.07, 6.45) is 4.17. The first-order valence-electron chi connectivity index (χ1n) is 7.04. The highest BCUT2D eigenvalue weighted by Gasteiger charge is 2.23. The predicted octanol–water partition coefficient (Wildman–Crippen LogP) is 2.38. The van der Waals surface area contributed by atoms with Gasteiger partial charge in [0.15, 0.2) is 0 Å². The van der Waals surface area contributed by atoms with Crippen LogP contribution in [0.5, 0.6) is 0 Å². The molecule has 0 aliphatic carbocycles. The number of halogens is 1. The fraction of sp³-hybridized carbons (Fsp3) is 0.643. The van der Waals surface area contributed by atoms with Crippen LogP contribution in [0, 0.1) is 0 Å². The van der Waals surface area contributed by atoms with Crippen LogP contribution in [0.1, 0.15) is 37.2 Å². The summed E-state index contributed by atoms with van der Waals surface area (Å²) in [6.45, 7) is 7.36. The van der Waals surface area contributed by atoms with Crippen molar-refractivity contribution >= 4 is 17.5 Å². The van der Waals surface area contributed by atoms with Crippen LogP contribution in [0.15, 0.2) is 12.3 Å². The molecule has 1 aliphatic heterocycles. The molecule has 1 aromatic rings. The van der Waals surface area contributed by atoms with Gasteiger partial charge in [-0.2, -0.15) is 0 Å². The molecule has 1 atom stereocenters. The van der Waals surface area contributed by atoms with Gasteiger partial charge in [0.2, 0.25) is 0 Å². The molecule has 1 unspecified atom stereocenters. The molecule has 1 amide bonds. The Balaban J connectivity index is 2.10. The van der Waals surface area contributed by atoms with E-state index in [1.54, 1.807) is 6.07 Å². The van der Waals surface area contributed by atoms with Crippen LogP contribution in [0.4, 0.5) is 0 Å². The van der Waals surface area contributed by atoms with E-state index in [1.807, 2.05) is 29.5 Å². The quantitative estimate of drug-likeness (QED) is 0.901. The minimum atomic E-state index is 0.0740. The number of hydrogen-bond acceptors (Lipinski definition) is 2. The second-order valence-corrected chi connectivity index (χ2v) is 5.40. The normalized spacial score (nSPS) is 18.8. The van der Waals surface area contributed by atoms with Crippen molar-refractivity contribution in [1.82, 2.24) is 14.8 Å². The molecule has 0 aromatic carbocycles. The van der Waals surface area contributed by atoms with Gasteiger partial charge in [-0.1, -0.05) is 11.6 Å². The number of aromatic nitrogens is 1. The third kappa shape index (κ3) is 3.31. The van der Waals surface area contributed by atoms with Gasteiger partial charge in [0, 0.05) is 31.9 Å². The maximum absolute atomic E-state index is 12.6. The fourth-order valence-electron chi connectivity index (χ4n) is 2.61. The van der Waals surface area contributed by atoms with Crippen LogP contribution >= 0.6 is 11.6 Å². The van der Waals surface area contributed by atoms with Crippen molar-refractivity contribution in [1.29, 1.82) is 0 Å². The number of hydrogen-bond donors (Lipinski definition) is 1. The Morgan fingerprint density at radius 3 is 2.95 bits per heavy atom. The maximum atomic E-state index is 12.6. The Morgan fingerprint density at radius 2 is 2.37 bits per heavy atom. The molecular weight excluding hydrogens is 262 g/mol. The zero-order valence-electron chi connectivity index (χ0n) is 11.7. The SMILES string of the molecule is CCN(CC1CCCN1)C(=O)c1cc(Cl)cn1CC. The maximum Gasteiger partial charge on any atom is 0.270 e. The number of amides is 1. The highest BCUT2D eigenvalue weighted by molar-refractivity contribution is 6.31. The lowest BCUT2D eigenvalue weighted by atomic mass is 10.2. The van der Waals surface area contributed by atoms with E-state index >= 15 is 0 Å². The Morgan fingerprint density at radius 1 is 1.58 bits per heavy atom. The lowest BCUT2D eigenvalue weighted by molar-refractivity contribution is 0.0740. The summed E-state index contributed by atoms with van der Waals surface area (Å²) >= 11 is 6.00. The van der Waals surface area contributed by atoms with E-state index in [2.05, 4.69) is 5.32 Å². The summed E-state index contributed by atoms with van der Waals surface area (Å²) in [5, 5.41) is 4.06. The molecule has 2 rings (SSSR count). The van der Waals surface area contributed by atoms with Gasteiger partial charge in [0.1, 0.15) is 5.69 Å². The molecule has 1 N–H and O–H groups in total. The van der Waals surface area contributed by atoms with Gasteiger partial charge in [0.05, 0.1) is 5.02 Å². The summed E-state index contributed by atoms with van der Waals surface area (Å²) in [5.41, 5.74) is 0.687. The zero-order chi connectivity index (χ0) is 13.8. The zero-order valence-corrected chi connectivity index (χ0v) is 12.4. The van der Waals surface area contributed by atoms with Crippen molar-refractivity contribution in [3.8, 4) is 0 Å². The van der Waals surface area contributed by atoms with Gasteiger partial charge in [0.25, 0.3) is 5.91 Å². The topological polar surface area (TPSA) is 37.3 Å². The molecule has 1 aliphatic rings. The molecule has 19 heavy (non-hydrogen) atoms. The van der Waals surface area contributed by atoms with Gasteiger partial charge < -0.3 is 14.8 Å². The Hall–Kier alpha value is -1.00. The number of likely N-dealkylation sites (N-methyl/N-ethyl adjacent to an activating group) is 1. The predicted molar refractivity (Wildman–Crippen MR) is 77.7 cm³/mol. The van der Waals surface area contributed by atoms with Crippen LogP contribution in [0.3, 0.4) is 0 Å². The average molecular weight is 284 g/mol. The summed E-state index contributed by atoms with van der Waals surface area (Å²) in [6, 6.07) is 2.20. The van der Waals surface area contributed by atoms with Crippen LogP contribution in [-0.2, 0) is 6.54 Å². The smallest absolute Gasteiger partial charge is 0.270 e. The molecule has 4 nitrogen and oxygen atoms in total. The van der Waals surface area contributed by atoms with Gasteiger partial charge in [-0.3, -0.25) is 4.79 Å². The second-order valence-electron chi connectivity index (χ2n) is 4.97. The number of carbonyl (C=O) groups excluding carboxylic acids is 1. The third-order valence-electron chi connectivity index (χ3n) is 3.70. The monoisotopic (exact) mass is 283 g/mol. The van der Waals surface area contributed by atoms with E-state index in [0.717, 1.165) is 32.6 Å². The van der Waals surface area contributed by atoms with E-state index in [-0.39, 0.29) is 5.91 Å². The largest absolute Gasteiger partial charge is 0.342 e. The van der Waals surface area contributed by atoms with Crippen LogP contribution in [0.25, 0.3) is 0 Å². The van der Waals surface area contributed by atoms with E-state index < -0.39 is 0 Å². The molecule has 2 heterocycles. The first kappa shape index (κ1) is 14.4. The molecular formula is C14H22ClN3O. The summed E-state index contributed by atoms with van der Waals surface area (Å²) < 4.78 is 1.91. The minimum Gasteiger partial charge on any atom is -0.342 e. The molecule has 0 spiro atoms. The van der Waals surface area contributed by atoms with E-state index in [1.165, 1.54) is 6.42 Å². The average Bonchev–Trinajstić information content (AvgIpc) is 3.04. The first-order valence-corrected chi connectivity index (χ1v) is 7.41. The second kappa shape index (κ2) is 6.44. The van der Waals surface area contributed by atoms with Gasteiger partial charge in [-0.15, -0.1) is 0 Å². The Bertz CT molecular complexity index is 438. The highest BCUT2D eigenvalue weighted by atomic mass is 35.5. The molecule has 0 saturated carbocycles. The molecule has 0 radical (unpaired) electrons. The number of rotatable bonds is 5. The molecule has 1 fully saturated rings.